The molecular weight excluding hydrogens is 199 g/mol. The molecule has 0 spiro atoms. The van der Waals surface area contributed by atoms with Gasteiger partial charge in [0.1, 0.15) is 6.61 Å². The van der Waals surface area contributed by atoms with E-state index in [2.05, 4.69) is 10.2 Å². The van der Waals surface area contributed by atoms with Gasteiger partial charge in [0, 0.05) is 18.6 Å². The van der Waals surface area contributed by atoms with E-state index in [0.717, 1.165) is 10.9 Å². The van der Waals surface area contributed by atoms with E-state index in [0.29, 0.717) is 13.2 Å². The molecule has 1 N–H and O–H groups in total. The Hall–Kier alpha value is -1.62. The molecule has 0 atom stereocenters. The molecule has 0 amide bonds. The molecule has 1 aromatic carbocycles. The predicted octanol–water partition coefficient (Wildman–Crippen LogP) is 1.73. The topological polar surface area (TPSA) is 47.1 Å². The molecule has 0 aliphatic carbocycles. The maximum absolute atomic E-state index is 13.4. The molecule has 2 aromatic rings. The van der Waals surface area contributed by atoms with Crippen molar-refractivity contribution in [2.45, 2.75) is 0 Å². The van der Waals surface area contributed by atoms with Crippen LogP contribution in [0.15, 0.2) is 18.3 Å². The van der Waals surface area contributed by atoms with E-state index >= 15 is 0 Å². The fraction of sp³-hybridized carbons (Fsp3) is 0.300. The van der Waals surface area contributed by atoms with Gasteiger partial charge in [0.25, 0.3) is 0 Å². The third-order valence-electron chi connectivity index (χ3n) is 2.04. The molecule has 0 saturated heterocycles. The molecule has 4 nitrogen and oxygen atoms in total. The van der Waals surface area contributed by atoms with Crippen molar-refractivity contribution in [1.29, 1.82) is 0 Å². The maximum Gasteiger partial charge on any atom is 0.165 e. The zero-order valence-corrected chi connectivity index (χ0v) is 8.29. The summed E-state index contributed by atoms with van der Waals surface area (Å²) in [6, 6.07) is 2.98. The van der Waals surface area contributed by atoms with Gasteiger partial charge in [-0.2, -0.15) is 5.10 Å². The quantitative estimate of drug-likeness (QED) is 0.782. The molecule has 0 saturated carbocycles. The average molecular weight is 210 g/mol. The van der Waals surface area contributed by atoms with Crippen molar-refractivity contribution >= 4 is 10.9 Å². The minimum Gasteiger partial charge on any atom is -0.488 e. The monoisotopic (exact) mass is 210 g/mol. The maximum atomic E-state index is 13.4. The van der Waals surface area contributed by atoms with Crippen LogP contribution in [0.1, 0.15) is 0 Å². The zero-order valence-electron chi connectivity index (χ0n) is 8.29. The van der Waals surface area contributed by atoms with Crippen LogP contribution < -0.4 is 4.74 Å². The Bertz CT molecular complexity index is 456. The third kappa shape index (κ3) is 2.07. The number of halogens is 1. The predicted molar refractivity (Wildman–Crippen MR) is 53.4 cm³/mol. The summed E-state index contributed by atoms with van der Waals surface area (Å²) < 4.78 is 23.4. The summed E-state index contributed by atoms with van der Waals surface area (Å²) in [5.74, 6) is -0.177. The fourth-order valence-electron chi connectivity index (χ4n) is 1.29. The van der Waals surface area contributed by atoms with Crippen LogP contribution in [0, 0.1) is 5.82 Å². The Morgan fingerprint density at radius 3 is 3.07 bits per heavy atom. The lowest BCUT2D eigenvalue weighted by molar-refractivity contribution is 0.144. The first-order valence-electron chi connectivity index (χ1n) is 4.55. The molecule has 0 radical (unpaired) electrons. The highest BCUT2D eigenvalue weighted by Gasteiger charge is 2.06. The third-order valence-corrected chi connectivity index (χ3v) is 2.04. The first-order chi connectivity index (χ1) is 7.31. The van der Waals surface area contributed by atoms with Crippen molar-refractivity contribution in [3.63, 3.8) is 0 Å². The molecule has 0 fully saturated rings. The molecule has 0 aliphatic heterocycles. The van der Waals surface area contributed by atoms with Gasteiger partial charge in [-0.1, -0.05) is 0 Å². The van der Waals surface area contributed by atoms with Gasteiger partial charge < -0.3 is 9.47 Å². The van der Waals surface area contributed by atoms with Crippen LogP contribution in [0.25, 0.3) is 10.9 Å². The van der Waals surface area contributed by atoms with Crippen LogP contribution in [0.4, 0.5) is 4.39 Å². The van der Waals surface area contributed by atoms with Gasteiger partial charge in [-0.15, -0.1) is 0 Å². The normalized spacial score (nSPS) is 10.8. The summed E-state index contributed by atoms with van der Waals surface area (Å²) in [7, 11) is 1.57. The zero-order chi connectivity index (χ0) is 10.7. The molecule has 0 bridgehead atoms. The van der Waals surface area contributed by atoms with Crippen molar-refractivity contribution < 1.29 is 13.9 Å². The minimum atomic E-state index is -0.389. The molecule has 0 unspecified atom stereocenters. The van der Waals surface area contributed by atoms with Crippen LogP contribution in [0.3, 0.4) is 0 Å². The Morgan fingerprint density at radius 2 is 2.27 bits per heavy atom. The number of H-pyrrole nitrogens is 1. The number of rotatable bonds is 4. The number of nitrogens with one attached hydrogen (secondary N) is 1. The van der Waals surface area contributed by atoms with Crippen molar-refractivity contribution in [3.8, 4) is 5.75 Å². The van der Waals surface area contributed by atoms with Gasteiger partial charge in [0.05, 0.1) is 18.3 Å². The summed E-state index contributed by atoms with van der Waals surface area (Å²) in [6.45, 7) is 0.757. The van der Waals surface area contributed by atoms with E-state index in [4.69, 9.17) is 9.47 Å². The van der Waals surface area contributed by atoms with E-state index in [1.165, 1.54) is 6.07 Å². The second-order valence-corrected chi connectivity index (χ2v) is 3.08. The van der Waals surface area contributed by atoms with E-state index in [-0.39, 0.29) is 11.6 Å². The van der Waals surface area contributed by atoms with Crippen LogP contribution in [-0.4, -0.2) is 30.5 Å². The summed E-state index contributed by atoms with van der Waals surface area (Å²) in [4.78, 5) is 0. The number of ether oxygens (including phenoxy) is 2. The molecule has 15 heavy (non-hydrogen) atoms. The molecular formula is C10H11FN2O2. The number of aromatic nitrogens is 2. The molecule has 5 heteroatoms. The second-order valence-electron chi connectivity index (χ2n) is 3.08. The Kier molecular flexibility index (Phi) is 2.82. The number of aromatic amines is 1. The van der Waals surface area contributed by atoms with E-state index in [1.54, 1.807) is 19.4 Å². The summed E-state index contributed by atoms with van der Waals surface area (Å²) in [5, 5.41) is 7.29. The summed E-state index contributed by atoms with van der Waals surface area (Å²) >= 11 is 0. The smallest absolute Gasteiger partial charge is 0.165 e. The number of hydrogen-bond acceptors (Lipinski definition) is 3. The Balaban J connectivity index is 2.22. The van der Waals surface area contributed by atoms with Crippen molar-refractivity contribution in [3.05, 3.63) is 24.1 Å². The minimum absolute atomic E-state index is 0.212. The number of methoxy groups -OCH3 is 1. The van der Waals surface area contributed by atoms with Crippen molar-refractivity contribution in [2.75, 3.05) is 20.3 Å². The molecule has 80 valence electrons. The van der Waals surface area contributed by atoms with Gasteiger partial charge in [0.15, 0.2) is 11.6 Å². The van der Waals surface area contributed by atoms with Crippen LogP contribution in [0.5, 0.6) is 5.75 Å². The number of fused-ring (bicyclic) bond motifs is 1. The van der Waals surface area contributed by atoms with Crippen molar-refractivity contribution in [2.24, 2.45) is 0 Å². The average Bonchev–Trinajstić information content (AvgIpc) is 2.65. The first-order valence-corrected chi connectivity index (χ1v) is 4.55. The van der Waals surface area contributed by atoms with Crippen LogP contribution in [0.2, 0.25) is 0 Å². The second kappa shape index (κ2) is 4.27. The van der Waals surface area contributed by atoms with Gasteiger partial charge in [0.2, 0.25) is 0 Å². The fourth-order valence-corrected chi connectivity index (χ4v) is 1.29. The number of benzene rings is 1. The van der Waals surface area contributed by atoms with E-state index in [1.807, 2.05) is 0 Å². The molecule has 1 aromatic heterocycles. The molecule has 1 heterocycles. The largest absolute Gasteiger partial charge is 0.488 e. The lowest BCUT2D eigenvalue weighted by atomic mass is 10.2. The lowest BCUT2D eigenvalue weighted by Crippen LogP contribution is -2.05. The van der Waals surface area contributed by atoms with E-state index < -0.39 is 0 Å². The standard InChI is InChI=1S/C10H11FN2O2/c1-14-2-3-15-10-5-9-7(4-8(10)11)6-12-13-9/h4-6H,2-3H2,1H3,(H,12,13). The summed E-state index contributed by atoms with van der Waals surface area (Å²) in [6.07, 6.45) is 1.57. The highest BCUT2D eigenvalue weighted by molar-refractivity contribution is 5.79. The summed E-state index contributed by atoms with van der Waals surface area (Å²) in [5.41, 5.74) is 0.754. The lowest BCUT2D eigenvalue weighted by Gasteiger charge is -2.06. The van der Waals surface area contributed by atoms with Gasteiger partial charge >= 0.3 is 0 Å². The first kappa shape index (κ1) is 9.92. The highest BCUT2D eigenvalue weighted by Crippen LogP contribution is 2.22. The van der Waals surface area contributed by atoms with Gasteiger partial charge in [-0.3, -0.25) is 5.10 Å². The molecule has 0 aliphatic rings. The SMILES string of the molecule is COCCOc1cc2[nH]ncc2cc1F. The van der Waals surface area contributed by atoms with Crippen LogP contribution >= 0.6 is 0 Å². The molecule has 2 rings (SSSR count). The Labute approximate surface area is 86.0 Å². The number of hydrogen-bond donors (Lipinski definition) is 1. The number of nitrogens with zero attached hydrogens (tertiary/aromatic N) is 1. The van der Waals surface area contributed by atoms with Crippen LogP contribution in [-0.2, 0) is 4.74 Å². The van der Waals surface area contributed by atoms with E-state index in [9.17, 15) is 4.39 Å². The Morgan fingerprint density at radius 1 is 1.40 bits per heavy atom. The van der Waals surface area contributed by atoms with Crippen molar-refractivity contribution in [1.82, 2.24) is 10.2 Å². The van der Waals surface area contributed by atoms with Gasteiger partial charge in [-0.05, 0) is 6.07 Å². The van der Waals surface area contributed by atoms with Gasteiger partial charge in [-0.25, -0.2) is 4.39 Å². The highest BCUT2D eigenvalue weighted by atomic mass is 19.1.